The number of aliphatic hydroxyl groups excluding tert-OH is 1. The lowest BCUT2D eigenvalue weighted by molar-refractivity contribution is -0.130. The van der Waals surface area contributed by atoms with E-state index in [-0.39, 0.29) is 23.5 Å². The predicted octanol–water partition coefficient (Wildman–Crippen LogP) is 2.27. The minimum absolute atomic E-state index is 0.0148. The Morgan fingerprint density at radius 3 is 2.66 bits per heavy atom. The summed E-state index contributed by atoms with van der Waals surface area (Å²) in [6.07, 6.45) is 0.359. The predicted molar refractivity (Wildman–Crippen MR) is 112 cm³/mol. The molecule has 1 aliphatic carbocycles. The Kier molecular flexibility index (Phi) is 6.28. The fourth-order valence-electron chi connectivity index (χ4n) is 4.97. The van der Waals surface area contributed by atoms with E-state index in [1.165, 1.54) is 6.07 Å². The van der Waals surface area contributed by atoms with Crippen LogP contribution in [0.2, 0.25) is 0 Å². The van der Waals surface area contributed by atoms with Crippen molar-refractivity contribution in [2.24, 2.45) is 11.8 Å². The van der Waals surface area contributed by atoms with Gasteiger partial charge < -0.3 is 19.7 Å². The molecule has 172 valence electrons. The van der Waals surface area contributed by atoms with Crippen LogP contribution in [-0.4, -0.2) is 51.2 Å². The van der Waals surface area contributed by atoms with Gasteiger partial charge in [-0.3, -0.25) is 4.79 Å². The summed E-state index contributed by atoms with van der Waals surface area (Å²) in [7, 11) is 0. The Hall–Kier alpha value is -2.81. The number of H-pyrrole nitrogens is 1. The molecular weight excluding hydrogens is 420 g/mol. The smallest absolute Gasteiger partial charge is 0.345 e. The third-order valence-electron chi connectivity index (χ3n) is 6.65. The molecule has 7 nitrogen and oxygen atoms in total. The second kappa shape index (κ2) is 8.97. The molecule has 0 spiro atoms. The Bertz CT molecular complexity index is 1050. The molecule has 4 atom stereocenters. The van der Waals surface area contributed by atoms with Crippen molar-refractivity contribution in [1.82, 2.24) is 14.9 Å². The van der Waals surface area contributed by atoms with E-state index in [1.807, 2.05) is 4.90 Å². The average molecular weight is 447 g/mol. The van der Waals surface area contributed by atoms with Gasteiger partial charge in [-0.1, -0.05) is 0 Å². The molecule has 0 bridgehead atoms. The second-order valence-corrected chi connectivity index (χ2v) is 8.82. The molecule has 32 heavy (non-hydrogen) atoms. The van der Waals surface area contributed by atoms with Gasteiger partial charge in [0.05, 0.1) is 6.10 Å². The van der Waals surface area contributed by atoms with Crippen molar-refractivity contribution in [3.8, 4) is 5.75 Å². The maximum atomic E-state index is 13.9. The number of fused-ring (bicyclic) bond motifs is 1. The summed E-state index contributed by atoms with van der Waals surface area (Å²) in [4.78, 5) is 32.7. The van der Waals surface area contributed by atoms with Gasteiger partial charge >= 0.3 is 5.69 Å². The topological polar surface area (TPSA) is 95.5 Å². The van der Waals surface area contributed by atoms with Gasteiger partial charge in [-0.15, -0.1) is 0 Å². The summed E-state index contributed by atoms with van der Waals surface area (Å²) in [6.45, 7) is 4.69. The zero-order chi connectivity index (χ0) is 23.0. The highest BCUT2D eigenvalue weighted by Crippen LogP contribution is 2.38. The number of aromatic nitrogens is 2. The summed E-state index contributed by atoms with van der Waals surface area (Å²) >= 11 is 0. The van der Waals surface area contributed by atoms with E-state index in [1.54, 1.807) is 13.8 Å². The van der Waals surface area contributed by atoms with E-state index in [2.05, 4.69) is 9.97 Å². The van der Waals surface area contributed by atoms with Crippen LogP contribution < -0.4 is 10.4 Å². The molecule has 1 aromatic carbocycles. The van der Waals surface area contributed by atoms with Gasteiger partial charge in [0.15, 0.2) is 11.6 Å². The van der Waals surface area contributed by atoms with E-state index in [4.69, 9.17) is 4.74 Å². The number of carbonyl (C=O) groups excluding carboxylic acids is 1. The van der Waals surface area contributed by atoms with Crippen LogP contribution in [0, 0.1) is 37.3 Å². The molecule has 1 aromatic heterocycles. The number of hydrogen-bond donors (Lipinski definition) is 2. The van der Waals surface area contributed by atoms with Crippen molar-refractivity contribution >= 4 is 5.91 Å². The number of carbonyl (C=O) groups is 1. The zero-order valence-corrected chi connectivity index (χ0v) is 18.1. The Labute approximate surface area is 184 Å². The lowest BCUT2D eigenvalue weighted by Crippen LogP contribution is -2.42. The summed E-state index contributed by atoms with van der Waals surface area (Å²) in [5.41, 5.74) is 1.83. The summed E-state index contributed by atoms with van der Waals surface area (Å²) in [5, 5.41) is 10.5. The summed E-state index contributed by atoms with van der Waals surface area (Å²) in [6, 6.07) is 3.10. The highest BCUT2D eigenvalue weighted by molar-refractivity contribution is 5.76. The van der Waals surface area contributed by atoms with Crippen molar-refractivity contribution in [3.05, 3.63) is 57.3 Å². The average Bonchev–Trinajstić information content (AvgIpc) is 3.12. The highest BCUT2D eigenvalue weighted by Gasteiger charge is 2.44. The SMILES string of the molecule is Cc1nc(=O)[nH]c(C)c1CCC(=O)N1C[C@H]2C[C@@H](Oc3ccc(F)cc3F)[C@H](O)C[C@H]2C1. The van der Waals surface area contributed by atoms with Crippen molar-refractivity contribution in [1.29, 1.82) is 0 Å². The number of ether oxygens (including phenoxy) is 1. The van der Waals surface area contributed by atoms with Crippen molar-refractivity contribution in [3.63, 3.8) is 0 Å². The number of nitrogens with one attached hydrogen (secondary N) is 1. The third kappa shape index (κ3) is 4.67. The number of likely N-dealkylation sites (tertiary alicyclic amines) is 1. The number of halogens is 2. The first-order valence-electron chi connectivity index (χ1n) is 10.8. The molecule has 1 amide bonds. The molecule has 9 heteroatoms. The molecule has 2 aliphatic rings. The molecule has 2 fully saturated rings. The number of aromatic amines is 1. The van der Waals surface area contributed by atoms with Gasteiger partial charge in [-0.25, -0.2) is 13.6 Å². The minimum Gasteiger partial charge on any atom is -0.485 e. The van der Waals surface area contributed by atoms with Gasteiger partial charge in [0.25, 0.3) is 0 Å². The summed E-state index contributed by atoms with van der Waals surface area (Å²) < 4.78 is 32.7. The van der Waals surface area contributed by atoms with Crippen LogP contribution in [0.4, 0.5) is 8.78 Å². The lowest BCUT2D eigenvalue weighted by atomic mass is 9.78. The second-order valence-electron chi connectivity index (χ2n) is 8.82. The molecule has 1 saturated heterocycles. The Balaban J connectivity index is 1.36. The maximum Gasteiger partial charge on any atom is 0.345 e. The first-order chi connectivity index (χ1) is 15.2. The first kappa shape index (κ1) is 22.4. The Morgan fingerprint density at radius 2 is 1.97 bits per heavy atom. The van der Waals surface area contributed by atoms with Crippen LogP contribution in [0.25, 0.3) is 0 Å². The van der Waals surface area contributed by atoms with E-state index in [0.717, 1.165) is 23.4 Å². The van der Waals surface area contributed by atoms with Gasteiger partial charge in [-0.05, 0) is 62.6 Å². The van der Waals surface area contributed by atoms with Crippen molar-refractivity contribution in [2.75, 3.05) is 13.1 Å². The van der Waals surface area contributed by atoms with E-state index >= 15 is 0 Å². The number of aryl methyl sites for hydroxylation is 2. The molecule has 0 radical (unpaired) electrons. The van der Waals surface area contributed by atoms with Gasteiger partial charge in [0.1, 0.15) is 11.9 Å². The first-order valence-corrected chi connectivity index (χ1v) is 10.8. The van der Waals surface area contributed by atoms with Gasteiger partial charge in [-0.2, -0.15) is 4.98 Å². The largest absolute Gasteiger partial charge is 0.485 e. The molecule has 4 rings (SSSR count). The maximum absolute atomic E-state index is 13.9. The molecule has 2 heterocycles. The number of aliphatic hydroxyl groups is 1. The number of hydrogen-bond acceptors (Lipinski definition) is 5. The van der Waals surface area contributed by atoms with Gasteiger partial charge in [0, 0.05) is 37.0 Å². The molecule has 1 aliphatic heterocycles. The quantitative estimate of drug-likeness (QED) is 0.733. The Morgan fingerprint density at radius 1 is 1.25 bits per heavy atom. The van der Waals surface area contributed by atoms with Crippen LogP contribution >= 0.6 is 0 Å². The van der Waals surface area contributed by atoms with Crippen LogP contribution in [-0.2, 0) is 11.2 Å². The standard InChI is InChI=1S/C23H27F2N3O4/c1-12-17(13(2)27-23(31)26-12)4-6-22(30)28-10-14-7-19(29)21(8-15(14)11-28)32-20-5-3-16(24)9-18(20)25/h3,5,9,14-15,19,21,29H,4,6-8,10-11H2,1-2H3,(H,26,27,31)/t14-,15+,19+,21+/m0/s1. The van der Waals surface area contributed by atoms with Gasteiger partial charge in [0.2, 0.25) is 5.91 Å². The normalized spacial score (nSPS) is 25.0. The van der Waals surface area contributed by atoms with Crippen molar-refractivity contribution in [2.45, 2.75) is 51.7 Å². The molecule has 0 unspecified atom stereocenters. The van der Waals surface area contributed by atoms with Crippen LogP contribution in [0.5, 0.6) is 5.75 Å². The number of amides is 1. The van der Waals surface area contributed by atoms with Crippen molar-refractivity contribution < 1.29 is 23.4 Å². The summed E-state index contributed by atoms with van der Waals surface area (Å²) in [5.74, 6) is -1.25. The fraction of sp³-hybridized carbons (Fsp3) is 0.522. The number of rotatable bonds is 5. The fourth-order valence-corrected chi connectivity index (χ4v) is 4.97. The molecule has 2 aromatic rings. The minimum atomic E-state index is -0.801. The van der Waals surface area contributed by atoms with E-state index in [9.17, 15) is 23.5 Å². The van der Waals surface area contributed by atoms with Crippen LogP contribution in [0.3, 0.4) is 0 Å². The van der Waals surface area contributed by atoms with Crippen LogP contribution in [0.1, 0.15) is 36.2 Å². The molecule has 2 N–H and O–H groups in total. The number of benzene rings is 1. The lowest BCUT2D eigenvalue weighted by Gasteiger charge is -2.35. The zero-order valence-electron chi connectivity index (χ0n) is 18.1. The molecule has 1 saturated carbocycles. The monoisotopic (exact) mass is 447 g/mol. The highest BCUT2D eigenvalue weighted by atomic mass is 19.1. The number of nitrogens with zero attached hydrogens (tertiary/aromatic N) is 2. The van der Waals surface area contributed by atoms with E-state index < -0.39 is 29.5 Å². The van der Waals surface area contributed by atoms with E-state index in [0.29, 0.717) is 44.5 Å². The third-order valence-corrected chi connectivity index (χ3v) is 6.65. The van der Waals surface area contributed by atoms with Crippen LogP contribution in [0.15, 0.2) is 23.0 Å². The molecular formula is C23H27F2N3O4.